The SMILES string of the molecule is N[C@@H](c1cccc(S(N)(=O)=O)c1)[C@H](S)C(=O)N[C@@H](Cc1ccc(O)cc1)C(=O)N[C@@H](Cc1cnc[nH]1)C(=O)NCc1ccccc1. The number of primary sulfonamides is 1. The second-order valence-corrected chi connectivity index (χ2v) is 12.7. The van der Waals surface area contributed by atoms with Crippen LogP contribution in [-0.4, -0.2) is 58.5 Å². The van der Waals surface area contributed by atoms with Crippen molar-refractivity contribution in [1.29, 1.82) is 0 Å². The van der Waals surface area contributed by atoms with Gasteiger partial charge in [-0.1, -0.05) is 54.6 Å². The summed E-state index contributed by atoms with van der Waals surface area (Å²) in [5, 5.41) is 22.0. The van der Waals surface area contributed by atoms with Crippen molar-refractivity contribution in [2.45, 2.75) is 47.7 Å². The molecule has 1 heterocycles. The highest BCUT2D eigenvalue weighted by molar-refractivity contribution is 7.89. The van der Waals surface area contributed by atoms with E-state index in [1.807, 2.05) is 30.3 Å². The van der Waals surface area contributed by atoms with Gasteiger partial charge >= 0.3 is 0 Å². The number of H-pyrrole nitrogens is 1. The first-order chi connectivity index (χ1) is 21.9. The van der Waals surface area contributed by atoms with Gasteiger partial charge in [-0.3, -0.25) is 14.4 Å². The summed E-state index contributed by atoms with van der Waals surface area (Å²) < 4.78 is 23.6. The van der Waals surface area contributed by atoms with Crippen LogP contribution < -0.4 is 26.8 Å². The van der Waals surface area contributed by atoms with Gasteiger partial charge in [-0.05, 0) is 41.0 Å². The smallest absolute Gasteiger partial charge is 0.243 e. The number of aromatic amines is 1. The van der Waals surface area contributed by atoms with Gasteiger partial charge in [-0.15, -0.1) is 0 Å². The highest BCUT2D eigenvalue weighted by atomic mass is 32.2. The number of benzene rings is 3. The maximum absolute atomic E-state index is 13.8. The maximum Gasteiger partial charge on any atom is 0.243 e. The van der Waals surface area contributed by atoms with Gasteiger partial charge in [-0.25, -0.2) is 18.5 Å². The van der Waals surface area contributed by atoms with Crippen LogP contribution in [0.4, 0.5) is 0 Å². The molecule has 0 radical (unpaired) electrons. The van der Waals surface area contributed by atoms with Crippen LogP contribution in [0, 0.1) is 0 Å². The van der Waals surface area contributed by atoms with Gasteiger partial charge in [0.1, 0.15) is 17.8 Å². The lowest BCUT2D eigenvalue weighted by Gasteiger charge is -2.26. The largest absolute Gasteiger partial charge is 0.508 e. The van der Waals surface area contributed by atoms with Crippen LogP contribution >= 0.6 is 12.6 Å². The molecule has 0 aliphatic carbocycles. The van der Waals surface area contributed by atoms with Crippen molar-refractivity contribution in [3.8, 4) is 5.75 Å². The lowest BCUT2D eigenvalue weighted by atomic mass is 10.0. The van der Waals surface area contributed by atoms with Crippen molar-refractivity contribution in [2.24, 2.45) is 10.9 Å². The van der Waals surface area contributed by atoms with Gasteiger partial charge < -0.3 is 31.8 Å². The summed E-state index contributed by atoms with van der Waals surface area (Å²) in [4.78, 5) is 47.2. The Morgan fingerprint density at radius 1 is 0.870 bits per heavy atom. The first kappa shape index (κ1) is 34.2. The van der Waals surface area contributed by atoms with Gasteiger partial charge in [0, 0.05) is 31.3 Å². The van der Waals surface area contributed by atoms with Crippen molar-refractivity contribution >= 4 is 40.4 Å². The van der Waals surface area contributed by atoms with E-state index in [9.17, 15) is 27.9 Å². The second kappa shape index (κ2) is 15.5. The fraction of sp³-hybridized carbons (Fsp3) is 0.226. The van der Waals surface area contributed by atoms with Crippen LogP contribution in [0.1, 0.15) is 28.4 Å². The number of sulfonamides is 1. The topological polar surface area (TPSA) is 222 Å². The molecule has 0 spiro atoms. The normalized spacial score (nSPS) is 14.0. The number of carbonyl (C=O) groups excluding carboxylic acids is 3. The van der Waals surface area contributed by atoms with E-state index in [2.05, 4.69) is 38.5 Å². The third-order valence-corrected chi connectivity index (χ3v) is 8.58. The van der Waals surface area contributed by atoms with Crippen LogP contribution in [0.5, 0.6) is 5.75 Å². The molecule has 0 aliphatic heterocycles. The molecule has 0 saturated carbocycles. The molecule has 0 fully saturated rings. The number of rotatable bonds is 14. The first-order valence-electron chi connectivity index (χ1n) is 14.1. The van der Waals surface area contributed by atoms with E-state index < -0.39 is 51.1 Å². The zero-order chi connectivity index (χ0) is 33.3. The van der Waals surface area contributed by atoms with Gasteiger partial charge in [0.15, 0.2) is 0 Å². The van der Waals surface area contributed by atoms with E-state index >= 15 is 0 Å². The number of aromatic hydroxyl groups is 1. The van der Waals surface area contributed by atoms with E-state index in [0.717, 1.165) is 5.56 Å². The summed E-state index contributed by atoms with van der Waals surface area (Å²) >= 11 is 4.39. The van der Waals surface area contributed by atoms with Crippen LogP contribution in [0.15, 0.2) is 96.3 Å². The molecule has 4 atom stereocenters. The minimum Gasteiger partial charge on any atom is -0.508 e. The number of thiol groups is 1. The van der Waals surface area contributed by atoms with Gasteiger partial charge in [0.25, 0.3) is 0 Å². The Bertz CT molecular complexity index is 1740. The highest BCUT2D eigenvalue weighted by Crippen LogP contribution is 2.22. The Morgan fingerprint density at radius 2 is 1.54 bits per heavy atom. The second-order valence-electron chi connectivity index (χ2n) is 10.6. The lowest BCUT2D eigenvalue weighted by Crippen LogP contribution is -2.56. The minimum absolute atomic E-state index is 0.00307. The number of phenolic OH excluding ortho intramolecular Hbond substituents is 1. The first-order valence-corrected chi connectivity index (χ1v) is 16.2. The molecule has 46 heavy (non-hydrogen) atoms. The zero-order valence-electron chi connectivity index (χ0n) is 24.5. The molecular weight excluding hydrogens is 631 g/mol. The third-order valence-electron chi connectivity index (χ3n) is 7.11. The number of hydrogen-bond acceptors (Lipinski definition) is 9. The predicted octanol–water partition coefficient (Wildman–Crippen LogP) is 0.832. The number of nitrogens with zero attached hydrogens (tertiary/aromatic N) is 1. The number of phenols is 1. The van der Waals surface area contributed by atoms with E-state index in [1.165, 1.54) is 48.9 Å². The van der Waals surface area contributed by atoms with E-state index in [0.29, 0.717) is 11.3 Å². The monoisotopic (exact) mass is 665 g/mol. The lowest BCUT2D eigenvalue weighted by molar-refractivity contribution is -0.132. The van der Waals surface area contributed by atoms with Crippen LogP contribution in [0.2, 0.25) is 0 Å². The van der Waals surface area contributed by atoms with Crippen LogP contribution in [-0.2, 0) is 43.8 Å². The van der Waals surface area contributed by atoms with Crippen molar-refractivity contribution in [1.82, 2.24) is 25.9 Å². The summed E-state index contributed by atoms with van der Waals surface area (Å²) in [6.07, 6.45) is 3.08. The van der Waals surface area contributed by atoms with Crippen molar-refractivity contribution in [3.05, 3.63) is 114 Å². The minimum atomic E-state index is -4.02. The maximum atomic E-state index is 13.8. The fourth-order valence-corrected chi connectivity index (χ4v) is 5.40. The highest BCUT2D eigenvalue weighted by Gasteiger charge is 2.31. The number of hydrogen-bond donors (Lipinski definition) is 8. The molecule has 1 aromatic heterocycles. The average molecular weight is 666 g/mol. The standard InChI is InChI=1S/C31H35N7O6S2/c32-27(21-7-4-8-24(14-21)46(33,43)44)28(45)31(42)38-25(13-19-9-11-23(39)12-10-19)30(41)37-26(15-22-17-34-18-36-22)29(40)35-16-20-5-2-1-3-6-20/h1-12,14,17-18,25-28,39,45H,13,15-16,32H2,(H,34,36)(H,35,40)(H,37,41)(H,38,42)(H2,33,43,44)/t25-,26-,27-,28-/m0/s1. The quantitative estimate of drug-likeness (QED) is 0.0899. The summed E-state index contributed by atoms with van der Waals surface area (Å²) in [5.41, 5.74) is 8.65. The number of nitrogens with two attached hydrogens (primary N) is 2. The van der Waals surface area contributed by atoms with E-state index in [4.69, 9.17) is 10.9 Å². The Hall–Kier alpha value is -4.70. The number of nitrogens with one attached hydrogen (secondary N) is 4. The average Bonchev–Trinajstić information content (AvgIpc) is 3.56. The molecule has 4 aromatic rings. The molecule has 0 aliphatic rings. The molecule has 3 aromatic carbocycles. The third kappa shape index (κ3) is 9.65. The summed E-state index contributed by atoms with van der Waals surface area (Å²) in [6.45, 7) is 0.231. The van der Waals surface area contributed by atoms with Crippen LogP contribution in [0.25, 0.3) is 0 Å². The number of carbonyl (C=O) groups is 3. The number of aromatic nitrogens is 2. The van der Waals surface area contributed by atoms with Gasteiger partial charge in [0.05, 0.1) is 22.5 Å². The Balaban J connectivity index is 1.54. The molecule has 3 amide bonds. The van der Waals surface area contributed by atoms with Crippen molar-refractivity contribution in [2.75, 3.05) is 0 Å². The van der Waals surface area contributed by atoms with Crippen molar-refractivity contribution < 1.29 is 27.9 Å². The molecule has 4 rings (SSSR count). The molecule has 0 bridgehead atoms. The Morgan fingerprint density at radius 3 is 2.20 bits per heavy atom. The van der Waals surface area contributed by atoms with Crippen LogP contribution in [0.3, 0.4) is 0 Å². The molecule has 242 valence electrons. The molecule has 0 saturated heterocycles. The van der Waals surface area contributed by atoms with Gasteiger partial charge in [-0.2, -0.15) is 12.6 Å². The summed E-state index contributed by atoms with van der Waals surface area (Å²) in [5.74, 6) is -1.81. The molecule has 13 nitrogen and oxygen atoms in total. The molecule has 0 unspecified atom stereocenters. The fourth-order valence-electron chi connectivity index (χ4n) is 4.58. The molecule has 9 N–H and O–H groups in total. The zero-order valence-corrected chi connectivity index (χ0v) is 26.2. The predicted molar refractivity (Wildman–Crippen MR) is 174 cm³/mol. The van der Waals surface area contributed by atoms with Gasteiger partial charge in [0.2, 0.25) is 27.7 Å². The Labute approximate surface area is 271 Å². The van der Waals surface area contributed by atoms with E-state index in [-0.39, 0.29) is 35.6 Å². The van der Waals surface area contributed by atoms with E-state index in [1.54, 1.807) is 12.1 Å². The summed E-state index contributed by atoms with van der Waals surface area (Å²) in [7, 11) is -4.02. The molecular formula is C31H35N7O6S2. The summed E-state index contributed by atoms with van der Waals surface area (Å²) in [6, 6.07) is 17.6. The number of imidazole rings is 1. The Kier molecular flexibility index (Phi) is 11.5. The van der Waals surface area contributed by atoms with Crippen molar-refractivity contribution in [3.63, 3.8) is 0 Å². The molecule has 15 heteroatoms. The number of amides is 3.